The van der Waals surface area contributed by atoms with E-state index >= 15 is 0 Å². The average molecular weight is 341 g/mol. The molecule has 0 atom stereocenters. The van der Waals surface area contributed by atoms with Crippen LogP contribution in [0.5, 0.6) is 0 Å². The topological polar surface area (TPSA) is 34.1 Å². The number of ketones is 2. The summed E-state index contributed by atoms with van der Waals surface area (Å²) >= 11 is 0. The highest BCUT2D eigenvalue weighted by molar-refractivity contribution is 6.22. The van der Waals surface area contributed by atoms with Gasteiger partial charge in [-0.05, 0) is 79.7 Å². The highest BCUT2D eigenvalue weighted by Crippen LogP contribution is 2.22. The molecule has 136 valence electrons. The van der Waals surface area contributed by atoms with Gasteiger partial charge in [0, 0.05) is 16.7 Å². The Balaban J connectivity index is 2.49. The van der Waals surface area contributed by atoms with Gasteiger partial charge >= 0.3 is 0 Å². The summed E-state index contributed by atoms with van der Waals surface area (Å²) in [5.74, 6) is -0.0239. The number of Topliss-reactive ketones (excluding diaryl/α,β-unsaturated/α-hetero) is 1. The summed E-state index contributed by atoms with van der Waals surface area (Å²) in [5.41, 5.74) is 5.83. The fourth-order valence-corrected chi connectivity index (χ4v) is 2.70. The molecule has 0 N–H and O–H groups in total. The largest absolute Gasteiger partial charge is 0.290 e. The zero-order valence-corrected chi connectivity index (χ0v) is 16.7. The summed E-state index contributed by atoms with van der Waals surface area (Å²) in [6.07, 6.45) is 12.9. The number of rotatable bonds is 8. The fraction of sp³-hybridized carbons (Fsp3) is 0.478. The van der Waals surface area contributed by atoms with Crippen LogP contribution in [0.25, 0.3) is 0 Å². The van der Waals surface area contributed by atoms with Crippen LogP contribution >= 0.6 is 0 Å². The summed E-state index contributed by atoms with van der Waals surface area (Å²) in [6, 6.07) is 0. The molecule has 1 aliphatic carbocycles. The highest BCUT2D eigenvalue weighted by Gasteiger charge is 2.21. The molecule has 2 heteroatoms. The quantitative estimate of drug-likeness (QED) is 0.389. The molecule has 0 bridgehead atoms. The van der Waals surface area contributed by atoms with Crippen LogP contribution in [0.1, 0.15) is 73.6 Å². The molecule has 0 saturated carbocycles. The Bertz CT molecular complexity index is 675. The molecule has 2 nitrogen and oxygen atoms in total. The van der Waals surface area contributed by atoms with Gasteiger partial charge in [0.05, 0.1) is 0 Å². The van der Waals surface area contributed by atoms with E-state index in [1.807, 2.05) is 0 Å². The number of carbonyl (C=O) groups is 2. The molecule has 25 heavy (non-hydrogen) atoms. The van der Waals surface area contributed by atoms with Gasteiger partial charge in [0.2, 0.25) is 0 Å². The van der Waals surface area contributed by atoms with Crippen molar-refractivity contribution in [2.75, 3.05) is 0 Å². The molecule has 0 aliphatic heterocycles. The Labute approximate surface area is 153 Å². The van der Waals surface area contributed by atoms with E-state index in [0.29, 0.717) is 23.1 Å². The predicted molar refractivity (Wildman–Crippen MR) is 107 cm³/mol. The van der Waals surface area contributed by atoms with Crippen molar-refractivity contribution in [3.63, 3.8) is 0 Å². The second kappa shape index (κ2) is 10.1. The van der Waals surface area contributed by atoms with Gasteiger partial charge in [0.15, 0.2) is 11.6 Å². The zero-order chi connectivity index (χ0) is 19.0. The van der Waals surface area contributed by atoms with Crippen LogP contribution in [-0.4, -0.2) is 11.6 Å². The Morgan fingerprint density at radius 2 is 1.40 bits per heavy atom. The van der Waals surface area contributed by atoms with E-state index in [2.05, 4.69) is 45.9 Å². The molecular formula is C23H32O2. The lowest BCUT2D eigenvalue weighted by Crippen LogP contribution is -2.16. The zero-order valence-electron chi connectivity index (χ0n) is 16.7. The number of hydrogen-bond acceptors (Lipinski definition) is 2. The van der Waals surface area contributed by atoms with E-state index < -0.39 is 0 Å². The molecule has 0 unspecified atom stereocenters. The highest BCUT2D eigenvalue weighted by atomic mass is 16.1. The van der Waals surface area contributed by atoms with E-state index in [1.54, 1.807) is 13.8 Å². The maximum Gasteiger partial charge on any atom is 0.185 e. The third-order valence-electron chi connectivity index (χ3n) is 4.66. The minimum Gasteiger partial charge on any atom is -0.290 e. The van der Waals surface area contributed by atoms with Crippen LogP contribution < -0.4 is 0 Å². The molecule has 0 aromatic heterocycles. The minimum atomic E-state index is -0.0342. The average Bonchev–Trinajstić information content (AvgIpc) is 2.54. The first kappa shape index (κ1) is 21.1. The molecular weight excluding hydrogens is 308 g/mol. The number of allylic oxidation sites excluding steroid dienone is 10. The molecule has 0 amide bonds. The van der Waals surface area contributed by atoms with Crippen molar-refractivity contribution >= 4 is 11.6 Å². The standard InChI is InChI=1S/C23H32O2/c1-16(2)9-7-10-17(3)11-8-12-18(4)13-14-21-15-22(24)19(5)20(6)23(21)25/h9,11,13,15H,7-8,10,12,14H2,1-6H3/b17-11+,18-13-. The van der Waals surface area contributed by atoms with Crippen molar-refractivity contribution in [3.05, 3.63) is 57.7 Å². The van der Waals surface area contributed by atoms with Crippen LogP contribution in [-0.2, 0) is 9.59 Å². The molecule has 0 fully saturated rings. The lowest BCUT2D eigenvalue weighted by atomic mass is 9.89. The molecule has 1 rings (SSSR count). The number of hydrogen-bond donors (Lipinski definition) is 0. The van der Waals surface area contributed by atoms with Crippen LogP contribution in [0, 0.1) is 0 Å². The van der Waals surface area contributed by atoms with Crippen LogP contribution in [0.3, 0.4) is 0 Å². The molecule has 0 heterocycles. The number of carbonyl (C=O) groups excluding carboxylic acids is 2. The second-order valence-corrected chi connectivity index (χ2v) is 7.28. The summed E-state index contributed by atoms with van der Waals surface area (Å²) < 4.78 is 0. The van der Waals surface area contributed by atoms with E-state index in [0.717, 1.165) is 25.7 Å². The monoisotopic (exact) mass is 340 g/mol. The Kier molecular flexibility index (Phi) is 8.54. The molecule has 0 radical (unpaired) electrons. The Morgan fingerprint density at radius 1 is 0.840 bits per heavy atom. The molecule has 0 aromatic carbocycles. The van der Waals surface area contributed by atoms with E-state index in [-0.39, 0.29) is 11.6 Å². The van der Waals surface area contributed by atoms with Gasteiger partial charge in [0.25, 0.3) is 0 Å². The smallest absolute Gasteiger partial charge is 0.185 e. The van der Waals surface area contributed by atoms with E-state index in [4.69, 9.17) is 0 Å². The molecule has 0 aromatic rings. The van der Waals surface area contributed by atoms with Crippen molar-refractivity contribution in [2.45, 2.75) is 73.6 Å². The van der Waals surface area contributed by atoms with Gasteiger partial charge in [-0.1, -0.05) is 34.9 Å². The minimum absolute atomic E-state index is 0.0103. The van der Waals surface area contributed by atoms with Crippen LogP contribution in [0.15, 0.2) is 57.7 Å². The van der Waals surface area contributed by atoms with Gasteiger partial charge in [-0.15, -0.1) is 0 Å². The van der Waals surface area contributed by atoms with Gasteiger partial charge < -0.3 is 0 Å². The van der Waals surface area contributed by atoms with Gasteiger partial charge in [-0.25, -0.2) is 0 Å². The lowest BCUT2D eigenvalue weighted by Gasteiger charge is -2.13. The maximum absolute atomic E-state index is 12.2. The third-order valence-corrected chi connectivity index (χ3v) is 4.66. The van der Waals surface area contributed by atoms with Crippen LogP contribution in [0.2, 0.25) is 0 Å². The summed E-state index contributed by atoms with van der Waals surface area (Å²) in [7, 11) is 0. The summed E-state index contributed by atoms with van der Waals surface area (Å²) in [5, 5.41) is 0. The molecule has 0 spiro atoms. The Morgan fingerprint density at radius 3 is 2.00 bits per heavy atom. The van der Waals surface area contributed by atoms with Crippen LogP contribution in [0.4, 0.5) is 0 Å². The summed E-state index contributed by atoms with van der Waals surface area (Å²) in [4.78, 5) is 24.1. The fourth-order valence-electron chi connectivity index (χ4n) is 2.70. The van der Waals surface area contributed by atoms with E-state index in [1.165, 1.54) is 22.8 Å². The van der Waals surface area contributed by atoms with Gasteiger partial charge in [-0.2, -0.15) is 0 Å². The Hall–Kier alpha value is -1.96. The SMILES string of the molecule is CC(C)=CCC/C(C)=C/CC/C(C)=C\CC1=CC(=O)C(C)=C(C)C1=O. The molecule has 1 aliphatic rings. The second-order valence-electron chi connectivity index (χ2n) is 7.28. The van der Waals surface area contributed by atoms with Crippen molar-refractivity contribution in [1.29, 1.82) is 0 Å². The predicted octanol–water partition coefficient (Wildman–Crippen LogP) is 6.21. The maximum atomic E-state index is 12.2. The first-order valence-corrected chi connectivity index (χ1v) is 9.14. The summed E-state index contributed by atoms with van der Waals surface area (Å²) in [6.45, 7) is 12.0. The van der Waals surface area contributed by atoms with Crippen molar-refractivity contribution in [3.8, 4) is 0 Å². The lowest BCUT2D eigenvalue weighted by molar-refractivity contribution is -0.115. The van der Waals surface area contributed by atoms with Crippen molar-refractivity contribution in [2.24, 2.45) is 0 Å². The first-order chi connectivity index (χ1) is 11.7. The van der Waals surface area contributed by atoms with Gasteiger partial charge in [-0.3, -0.25) is 9.59 Å². The van der Waals surface area contributed by atoms with E-state index in [9.17, 15) is 9.59 Å². The van der Waals surface area contributed by atoms with Crippen molar-refractivity contribution in [1.82, 2.24) is 0 Å². The molecule has 0 saturated heterocycles. The third kappa shape index (κ3) is 7.21. The normalized spacial score (nSPS) is 16.3. The van der Waals surface area contributed by atoms with Gasteiger partial charge in [0.1, 0.15) is 0 Å². The van der Waals surface area contributed by atoms with Crippen molar-refractivity contribution < 1.29 is 9.59 Å². The first-order valence-electron chi connectivity index (χ1n) is 9.14.